The van der Waals surface area contributed by atoms with E-state index < -0.39 is 28.3 Å². The van der Waals surface area contributed by atoms with Gasteiger partial charge in [0.1, 0.15) is 11.5 Å². The van der Waals surface area contributed by atoms with Gasteiger partial charge in [-0.05, 0) is 18.9 Å². The number of benzene rings is 1. The van der Waals surface area contributed by atoms with Gasteiger partial charge in [0.15, 0.2) is 5.13 Å². The zero-order chi connectivity index (χ0) is 19.6. The number of nitrogens with zero attached hydrogens (tertiary/aromatic N) is 3. The predicted molar refractivity (Wildman–Crippen MR) is 96.8 cm³/mol. The molecule has 2 aromatic rings. The quantitative estimate of drug-likeness (QED) is 0.465. The Bertz CT molecular complexity index is 889. The number of hydrogen-bond donors (Lipinski definition) is 2. The lowest BCUT2D eigenvalue weighted by molar-refractivity contribution is -0.384. The summed E-state index contributed by atoms with van der Waals surface area (Å²) in [6, 6.07) is 1.55. The summed E-state index contributed by atoms with van der Waals surface area (Å²) < 4.78 is 13.7. The lowest BCUT2D eigenvalue weighted by Crippen LogP contribution is -2.44. The number of carbonyl (C=O) groups excluding carboxylic acids is 2. The van der Waals surface area contributed by atoms with Crippen molar-refractivity contribution in [2.45, 2.75) is 12.8 Å². The fraction of sp³-hybridized carbons (Fsp3) is 0.312. The van der Waals surface area contributed by atoms with E-state index in [0.717, 1.165) is 6.07 Å². The molecule has 1 saturated heterocycles. The minimum atomic E-state index is -0.922. The molecule has 11 heteroatoms. The van der Waals surface area contributed by atoms with E-state index >= 15 is 0 Å². The Morgan fingerprint density at radius 1 is 1.44 bits per heavy atom. The van der Waals surface area contributed by atoms with E-state index in [0.29, 0.717) is 30.6 Å². The number of halogens is 1. The molecule has 2 amide bonds. The molecule has 0 saturated carbocycles. The zero-order valence-electron chi connectivity index (χ0n) is 14.1. The van der Waals surface area contributed by atoms with Crippen molar-refractivity contribution in [2.75, 3.05) is 24.1 Å². The molecule has 9 nitrogen and oxygen atoms in total. The second kappa shape index (κ2) is 7.66. The second-order valence-electron chi connectivity index (χ2n) is 6.06. The van der Waals surface area contributed by atoms with Crippen molar-refractivity contribution in [3.63, 3.8) is 0 Å². The lowest BCUT2D eigenvalue weighted by atomic mass is 9.96. The Hall–Kier alpha value is -3.08. The van der Waals surface area contributed by atoms with Crippen LogP contribution in [-0.4, -0.2) is 39.7 Å². The average Bonchev–Trinajstić information content (AvgIpc) is 3.15. The van der Waals surface area contributed by atoms with Crippen molar-refractivity contribution in [3.8, 4) is 0 Å². The van der Waals surface area contributed by atoms with Gasteiger partial charge in [-0.25, -0.2) is 9.37 Å². The second-order valence-corrected chi connectivity index (χ2v) is 6.95. The molecule has 0 spiro atoms. The van der Waals surface area contributed by atoms with E-state index in [2.05, 4.69) is 10.3 Å². The van der Waals surface area contributed by atoms with E-state index in [1.54, 1.807) is 11.6 Å². The Morgan fingerprint density at radius 3 is 2.89 bits per heavy atom. The van der Waals surface area contributed by atoms with Crippen LogP contribution in [0.15, 0.2) is 23.7 Å². The van der Waals surface area contributed by atoms with Gasteiger partial charge in [-0.15, -0.1) is 11.3 Å². The minimum Gasteiger partial charge on any atom is -0.393 e. The minimum absolute atomic E-state index is 0.111. The summed E-state index contributed by atoms with van der Waals surface area (Å²) in [6.07, 6.45) is 2.72. The first-order valence-electron chi connectivity index (χ1n) is 8.10. The highest BCUT2D eigenvalue weighted by Crippen LogP contribution is 2.29. The maximum Gasteiger partial charge on any atom is 0.295 e. The summed E-state index contributed by atoms with van der Waals surface area (Å²) in [5.74, 6) is -2.28. The van der Waals surface area contributed by atoms with E-state index in [9.17, 15) is 24.1 Å². The van der Waals surface area contributed by atoms with Crippen LogP contribution >= 0.6 is 11.3 Å². The molecule has 0 aliphatic carbocycles. The third kappa shape index (κ3) is 4.03. The number of nitrogens with one attached hydrogen (secondary N) is 1. The van der Waals surface area contributed by atoms with Gasteiger partial charge in [0.05, 0.1) is 22.5 Å². The highest BCUT2D eigenvalue weighted by Gasteiger charge is 2.31. The molecule has 1 atom stereocenters. The van der Waals surface area contributed by atoms with Crippen molar-refractivity contribution in [1.82, 2.24) is 9.88 Å². The topological polar surface area (TPSA) is 131 Å². The number of rotatable bonds is 4. The number of nitrogen functional groups attached to an aromatic ring is 1. The number of carbonyl (C=O) groups is 2. The number of nitro groups is 1. The van der Waals surface area contributed by atoms with Crippen molar-refractivity contribution < 1.29 is 18.9 Å². The monoisotopic (exact) mass is 393 g/mol. The van der Waals surface area contributed by atoms with E-state index in [-0.39, 0.29) is 23.7 Å². The molecule has 1 aromatic heterocycles. The van der Waals surface area contributed by atoms with E-state index in [4.69, 9.17) is 5.73 Å². The number of amides is 2. The van der Waals surface area contributed by atoms with Gasteiger partial charge in [-0.2, -0.15) is 0 Å². The first kappa shape index (κ1) is 18.7. The molecule has 1 aromatic carbocycles. The molecule has 2 heterocycles. The summed E-state index contributed by atoms with van der Waals surface area (Å²) in [6.45, 7) is 0.462. The largest absolute Gasteiger partial charge is 0.393 e. The number of piperidine rings is 1. The van der Waals surface area contributed by atoms with Crippen LogP contribution in [0.3, 0.4) is 0 Å². The van der Waals surface area contributed by atoms with E-state index in [1.807, 2.05) is 0 Å². The highest BCUT2D eigenvalue weighted by atomic mass is 32.1. The molecular weight excluding hydrogens is 377 g/mol. The van der Waals surface area contributed by atoms with Crippen molar-refractivity contribution >= 4 is 39.7 Å². The molecule has 1 aliphatic rings. The van der Waals surface area contributed by atoms with Crippen LogP contribution in [0.4, 0.5) is 20.9 Å². The van der Waals surface area contributed by atoms with Gasteiger partial charge in [0.25, 0.3) is 11.6 Å². The summed E-state index contributed by atoms with van der Waals surface area (Å²) in [5, 5.41) is 15.9. The van der Waals surface area contributed by atoms with Crippen LogP contribution in [0, 0.1) is 21.8 Å². The van der Waals surface area contributed by atoms with Gasteiger partial charge in [-0.1, -0.05) is 0 Å². The van der Waals surface area contributed by atoms with Gasteiger partial charge >= 0.3 is 0 Å². The highest BCUT2D eigenvalue weighted by molar-refractivity contribution is 7.13. The molecule has 0 bridgehead atoms. The molecule has 1 fully saturated rings. The molecule has 27 heavy (non-hydrogen) atoms. The average molecular weight is 393 g/mol. The number of aromatic nitrogens is 1. The SMILES string of the molecule is Nc1c(C(=O)N2CCCC(C(=O)Nc3nccs3)C2)cc(F)cc1[N+](=O)[O-]. The smallest absolute Gasteiger partial charge is 0.295 e. The van der Waals surface area contributed by atoms with Gasteiger partial charge in [0.2, 0.25) is 5.91 Å². The molecule has 1 aliphatic heterocycles. The number of hydrogen-bond acceptors (Lipinski definition) is 7. The lowest BCUT2D eigenvalue weighted by Gasteiger charge is -2.32. The Morgan fingerprint density at radius 2 is 2.22 bits per heavy atom. The summed E-state index contributed by atoms with van der Waals surface area (Å²) in [7, 11) is 0. The number of anilines is 2. The Balaban J connectivity index is 1.77. The molecule has 3 N–H and O–H groups in total. The third-order valence-corrected chi connectivity index (χ3v) is 4.98. The zero-order valence-corrected chi connectivity index (χ0v) is 14.9. The predicted octanol–water partition coefficient (Wildman–Crippen LogP) is 2.26. The molecular formula is C16H16FN5O4S. The van der Waals surface area contributed by atoms with Crippen LogP contribution in [-0.2, 0) is 4.79 Å². The number of likely N-dealkylation sites (tertiary alicyclic amines) is 1. The number of nitro benzene ring substituents is 1. The third-order valence-electron chi connectivity index (χ3n) is 4.29. The summed E-state index contributed by atoms with van der Waals surface area (Å²) >= 11 is 1.28. The van der Waals surface area contributed by atoms with Crippen molar-refractivity contribution in [2.24, 2.45) is 5.92 Å². The Labute approximate surface area is 157 Å². The standard InChI is InChI=1S/C16H16FN5O4S/c17-10-6-11(13(18)12(7-10)22(25)26)15(24)21-4-1-2-9(8-21)14(23)20-16-19-3-5-27-16/h3,5-7,9H,1-2,4,8,18H2,(H,19,20,23). The first-order chi connectivity index (χ1) is 12.9. The van der Waals surface area contributed by atoms with Crippen LogP contribution in [0.1, 0.15) is 23.2 Å². The van der Waals surface area contributed by atoms with Crippen LogP contribution < -0.4 is 11.1 Å². The van der Waals surface area contributed by atoms with Crippen LogP contribution in [0.5, 0.6) is 0 Å². The van der Waals surface area contributed by atoms with E-state index in [1.165, 1.54) is 16.2 Å². The fourth-order valence-corrected chi connectivity index (χ4v) is 3.50. The van der Waals surface area contributed by atoms with Gasteiger partial charge in [-0.3, -0.25) is 19.7 Å². The molecule has 142 valence electrons. The number of nitrogens with two attached hydrogens (primary N) is 1. The van der Waals surface area contributed by atoms with Gasteiger partial charge in [0, 0.05) is 24.7 Å². The van der Waals surface area contributed by atoms with Gasteiger partial charge < -0.3 is 16.0 Å². The fourth-order valence-electron chi connectivity index (χ4n) is 2.97. The summed E-state index contributed by atoms with van der Waals surface area (Å²) in [4.78, 5) is 40.6. The van der Waals surface area contributed by atoms with Crippen molar-refractivity contribution in [1.29, 1.82) is 0 Å². The number of thiazole rings is 1. The maximum absolute atomic E-state index is 13.7. The molecule has 0 radical (unpaired) electrons. The summed E-state index contributed by atoms with van der Waals surface area (Å²) in [5.41, 5.74) is 4.38. The maximum atomic E-state index is 13.7. The molecule has 3 rings (SSSR count). The molecule has 1 unspecified atom stereocenters. The van der Waals surface area contributed by atoms with Crippen molar-refractivity contribution in [3.05, 3.63) is 45.2 Å². The van der Waals surface area contributed by atoms with Crippen LogP contribution in [0.2, 0.25) is 0 Å². The normalized spacial score (nSPS) is 16.8. The van der Waals surface area contributed by atoms with Crippen LogP contribution in [0.25, 0.3) is 0 Å². The Kier molecular flexibility index (Phi) is 5.31. The first-order valence-corrected chi connectivity index (χ1v) is 8.98.